The lowest BCUT2D eigenvalue weighted by molar-refractivity contribution is 0.106. The highest BCUT2D eigenvalue weighted by atomic mass is 16.6. The molecule has 0 bridgehead atoms. The van der Waals surface area contributed by atoms with Crippen molar-refractivity contribution in [3.8, 4) is 0 Å². The van der Waals surface area contributed by atoms with Crippen LogP contribution < -0.4 is 5.73 Å². The van der Waals surface area contributed by atoms with Crippen LogP contribution in [-0.4, -0.2) is 6.09 Å². The molecule has 94 valence electrons. The van der Waals surface area contributed by atoms with E-state index in [1.807, 2.05) is 60.7 Å². The van der Waals surface area contributed by atoms with Gasteiger partial charge in [0, 0.05) is 7.85 Å². The molecule has 0 fully saturated rings. The van der Waals surface area contributed by atoms with Crippen LogP contribution in [0.25, 0.3) is 0 Å². The second-order valence-corrected chi connectivity index (χ2v) is 4.03. The van der Waals surface area contributed by atoms with Crippen molar-refractivity contribution >= 4 is 6.09 Å². The van der Waals surface area contributed by atoms with E-state index in [0.29, 0.717) is 6.42 Å². The molecule has 3 heteroatoms. The van der Waals surface area contributed by atoms with Crippen LogP contribution in [0.2, 0.25) is 0 Å². The highest BCUT2D eigenvalue weighted by Crippen LogP contribution is 2.22. The van der Waals surface area contributed by atoms with Crippen molar-refractivity contribution in [2.24, 2.45) is 5.73 Å². The summed E-state index contributed by atoms with van der Waals surface area (Å²) < 4.78 is 5.18. The number of hydrogen-bond acceptors (Lipinski definition) is 2. The highest BCUT2D eigenvalue weighted by Gasteiger charge is 2.15. The smallest absolute Gasteiger partial charge is 0.405 e. The summed E-state index contributed by atoms with van der Waals surface area (Å²) in [5.41, 5.74) is 7.17. The summed E-state index contributed by atoms with van der Waals surface area (Å²) in [7, 11) is 0. The molecule has 2 rings (SSSR count). The quantitative estimate of drug-likeness (QED) is 0.895. The maximum atomic E-state index is 11.0. The third-order valence-corrected chi connectivity index (χ3v) is 2.69. The van der Waals surface area contributed by atoms with Gasteiger partial charge in [-0.3, -0.25) is 0 Å². The van der Waals surface area contributed by atoms with Crippen LogP contribution in [-0.2, 0) is 11.2 Å². The van der Waals surface area contributed by atoms with Gasteiger partial charge >= 0.3 is 6.09 Å². The summed E-state index contributed by atoms with van der Waals surface area (Å²) in [5.74, 6) is 0. The van der Waals surface area contributed by atoms with E-state index in [4.69, 9.17) is 10.5 Å². The molecule has 0 aliphatic carbocycles. The number of carbonyl (C=O) groups is 1. The average molecular weight is 243 g/mol. The normalized spacial score (nSPS) is 11.8. The Morgan fingerprint density at radius 1 is 1.06 bits per heavy atom. The zero-order valence-electron chi connectivity index (χ0n) is 9.95. The molecule has 1 amide bonds. The van der Waals surface area contributed by atoms with Gasteiger partial charge in [0.1, 0.15) is 6.10 Å². The van der Waals surface area contributed by atoms with Gasteiger partial charge in [-0.15, -0.1) is 0 Å². The van der Waals surface area contributed by atoms with Crippen LogP contribution in [0.1, 0.15) is 18.7 Å². The predicted octanol–water partition coefficient (Wildman–Crippen LogP) is 3.31. The minimum atomic E-state index is -0.750. The summed E-state index contributed by atoms with van der Waals surface area (Å²) in [6.07, 6.45) is -0.473. The molecule has 0 radical (unpaired) electrons. The first-order chi connectivity index (χ1) is 8.75. The van der Waals surface area contributed by atoms with E-state index >= 15 is 0 Å². The van der Waals surface area contributed by atoms with Gasteiger partial charge in [-0.2, -0.15) is 0 Å². The molecule has 2 aromatic carbocycles. The van der Waals surface area contributed by atoms with E-state index in [9.17, 15) is 4.79 Å². The second kappa shape index (κ2) is 5.87. The standard InChI is InChI=1S/C15H15NO2.H2/c16-15(17)18-14(13-9-5-2-6-10-13)11-12-7-3-1-4-8-12;/h1-10,14H,11H2,(H2,16,17);1H. The van der Waals surface area contributed by atoms with Crippen LogP contribution in [0.3, 0.4) is 0 Å². The molecule has 0 aromatic heterocycles. The van der Waals surface area contributed by atoms with Crippen molar-refractivity contribution in [3.63, 3.8) is 0 Å². The molecule has 0 aliphatic rings. The van der Waals surface area contributed by atoms with Gasteiger partial charge in [-0.05, 0) is 11.1 Å². The largest absolute Gasteiger partial charge is 0.441 e. The third kappa shape index (κ3) is 3.35. The van der Waals surface area contributed by atoms with E-state index < -0.39 is 6.09 Å². The topological polar surface area (TPSA) is 52.3 Å². The van der Waals surface area contributed by atoms with E-state index in [2.05, 4.69) is 0 Å². The first kappa shape index (κ1) is 12.2. The van der Waals surface area contributed by atoms with Crippen molar-refractivity contribution in [1.82, 2.24) is 0 Å². The fourth-order valence-corrected chi connectivity index (χ4v) is 1.86. The molecule has 0 saturated heterocycles. The molecular formula is C15H17NO2. The molecule has 3 nitrogen and oxygen atoms in total. The Kier molecular flexibility index (Phi) is 3.97. The predicted molar refractivity (Wildman–Crippen MR) is 72.1 cm³/mol. The minimum absolute atomic E-state index is 0. The number of rotatable bonds is 4. The van der Waals surface area contributed by atoms with Gasteiger partial charge in [0.15, 0.2) is 0 Å². The summed E-state index contributed by atoms with van der Waals surface area (Å²) >= 11 is 0. The van der Waals surface area contributed by atoms with E-state index in [1.165, 1.54) is 0 Å². The van der Waals surface area contributed by atoms with Crippen molar-refractivity contribution in [2.75, 3.05) is 0 Å². The van der Waals surface area contributed by atoms with Crippen molar-refractivity contribution in [2.45, 2.75) is 12.5 Å². The molecule has 2 aromatic rings. The maximum Gasteiger partial charge on any atom is 0.405 e. The fraction of sp³-hybridized carbons (Fsp3) is 0.133. The molecule has 0 aliphatic heterocycles. The van der Waals surface area contributed by atoms with Crippen LogP contribution in [0, 0.1) is 0 Å². The van der Waals surface area contributed by atoms with Gasteiger partial charge in [0.25, 0.3) is 0 Å². The third-order valence-electron chi connectivity index (χ3n) is 2.69. The lowest BCUT2D eigenvalue weighted by atomic mass is 10.0. The summed E-state index contributed by atoms with van der Waals surface area (Å²) in [6.45, 7) is 0. The zero-order valence-corrected chi connectivity index (χ0v) is 9.95. The summed E-state index contributed by atoms with van der Waals surface area (Å²) in [5, 5.41) is 0. The monoisotopic (exact) mass is 243 g/mol. The highest BCUT2D eigenvalue weighted by molar-refractivity contribution is 5.65. The van der Waals surface area contributed by atoms with Gasteiger partial charge in [0.2, 0.25) is 0 Å². The summed E-state index contributed by atoms with van der Waals surface area (Å²) in [6, 6.07) is 19.5. The SMILES string of the molecule is NC(=O)OC(Cc1ccccc1)c1ccccc1.[HH]. The van der Waals surface area contributed by atoms with Crippen LogP contribution in [0.4, 0.5) is 4.79 Å². The number of hydrogen-bond donors (Lipinski definition) is 1. The second-order valence-electron chi connectivity index (χ2n) is 4.03. The van der Waals surface area contributed by atoms with Crippen molar-refractivity contribution < 1.29 is 11.0 Å². The van der Waals surface area contributed by atoms with E-state index in [0.717, 1.165) is 11.1 Å². The molecule has 0 heterocycles. The number of nitrogens with two attached hydrogens (primary N) is 1. The minimum Gasteiger partial charge on any atom is -0.441 e. The lowest BCUT2D eigenvalue weighted by Crippen LogP contribution is -2.18. The van der Waals surface area contributed by atoms with Gasteiger partial charge in [0.05, 0.1) is 0 Å². The average Bonchev–Trinajstić information content (AvgIpc) is 2.40. The zero-order chi connectivity index (χ0) is 12.8. The Balaban J connectivity index is 0.00000180. The maximum absolute atomic E-state index is 11.0. The molecule has 0 spiro atoms. The first-order valence-electron chi connectivity index (χ1n) is 5.80. The van der Waals surface area contributed by atoms with Crippen LogP contribution >= 0.6 is 0 Å². The van der Waals surface area contributed by atoms with E-state index in [1.54, 1.807) is 0 Å². The fourth-order valence-electron chi connectivity index (χ4n) is 1.86. The van der Waals surface area contributed by atoms with Crippen molar-refractivity contribution in [3.05, 3.63) is 71.8 Å². The number of ether oxygens (including phenoxy) is 1. The lowest BCUT2D eigenvalue weighted by Gasteiger charge is -2.17. The molecular weight excluding hydrogens is 226 g/mol. The van der Waals surface area contributed by atoms with Gasteiger partial charge < -0.3 is 10.5 Å². The van der Waals surface area contributed by atoms with Crippen molar-refractivity contribution in [1.29, 1.82) is 0 Å². The Labute approximate surface area is 108 Å². The molecule has 0 saturated carbocycles. The van der Waals surface area contributed by atoms with Crippen LogP contribution in [0.15, 0.2) is 60.7 Å². The molecule has 1 unspecified atom stereocenters. The number of primary amides is 1. The Bertz CT molecular complexity index is 502. The number of amides is 1. The Morgan fingerprint density at radius 2 is 1.61 bits per heavy atom. The summed E-state index contributed by atoms with van der Waals surface area (Å²) in [4.78, 5) is 11.0. The van der Waals surface area contributed by atoms with Gasteiger partial charge in [-0.1, -0.05) is 60.7 Å². The Morgan fingerprint density at radius 3 is 2.17 bits per heavy atom. The number of carbonyl (C=O) groups excluding carboxylic acids is 1. The van der Waals surface area contributed by atoms with E-state index in [-0.39, 0.29) is 7.53 Å². The van der Waals surface area contributed by atoms with Gasteiger partial charge in [-0.25, -0.2) is 4.79 Å². The Hall–Kier alpha value is -2.29. The number of benzene rings is 2. The molecule has 18 heavy (non-hydrogen) atoms. The van der Waals surface area contributed by atoms with Crippen LogP contribution in [0.5, 0.6) is 0 Å². The first-order valence-corrected chi connectivity index (χ1v) is 5.80. The molecule has 1 atom stereocenters. The molecule has 2 N–H and O–H groups in total.